The quantitative estimate of drug-likeness (QED) is 0.496. The molecule has 1 unspecified atom stereocenters. The first-order chi connectivity index (χ1) is 12.7. The first-order valence-electron chi connectivity index (χ1n) is 7.86. The Labute approximate surface area is 150 Å². The topological polar surface area (TPSA) is 70.2 Å². The van der Waals surface area contributed by atoms with Gasteiger partial charge in [-0.1, -0.05) is 12.1 Å². The van der Waals surface area contributed by atoms with Crippen LogP contribution in [0.2, 0.25) is 0 Å². The number of Topliss-reactive ketones (excluding diaryl/α,β-unsaturated/α-hetero) is 1. The Bertz CT molecular complexity index is 1010. The van der Waals surface area contributed by atoms with E-state index in [4.69, 9.17) is 0 Å². The van der Waals surface area contributed by atoms with Crippen LogP contribution in [0.1, 0.15) is 33.8 Å². The SMILES string of the molecule is O=C(CC(C(=O)O)c1c[nH]c2cc(F)ccc12)c1ccc(C(F)(F)F)cc1. The number of carbonyl (C=O) groups excluding carboxylic acids is 1. The third-order valence-corrected chi connectivity index (χ3v) is 4.27. The number of hydrogen-bond acceptors (Lipinski definition) is 2. The molecule has 0 radical (unpaired) electrons. The van der Waals surface area contributed by atoms with Crippen LogP contribution in [0.5, 0.6) is 0 Å². The number of carboxylic acid groups (broad SMARTS) is 1. The summed E-state index contributed by atoms with van der Waals surface area (Å²) in [5.41, 5.74) is -0.219. The lowest BCUT2D eigenvalue weighted by atomic mass is 9.91. The summed E-state index contributed by atoms with van der Waals surface area (Å²) >= 11 is 0. The largest absolute Gasteiger partial charge is 0.481 e. The molecule has 0 spiro atoms. The van der Waals surface area contributed by atoms with Crippen molar-refractivity contribution >= 4 is 22.7 Å². The molecule has 0 saturated heterocycles. The van der Waals surface area contributed by atoms with Gasteiger partial charge < -0.3 is 10.1 Å². The predicted octanol–water partition coefficient (Wildman–Crippen LogP) is 4.77. The van der Waals surface area contributed by atoms with Crippen molar-refractivity contribution in [3.05, 3.63) is 71.2 Å². The average molecular weight is 379 g/mol. The van der Waals surface area contributed by atoms with Crippen LogP contribution >= 0.6 is 0 Å². The monoisotopic (exact) mass is 379 g/mol. The number of halogens is 4. The van der Waals surface area contributed by atoms with Gasteiger partial charge in [0.05, 0.1) is 11.5 Å². The van der Waals surface area contributed by atoms with E-state index in [-0.39, 0.29) is 5.56 Å². The number of rotatable bonds is 5. The molecule has 1 heterocycles. The van der Waals surface area contributed by atoms with E-state index in [1.807, 2.05) is 0 Å². The van der Waals surface area contributed by atoms with E-state index in [1.54, 1.807) is 0 Å². The molecule has 0 amide bonds. The van der Waals surface area contributed by atoms with Crippen molar-refractivity contribution in [3.63, 3.8) is 0 Å². The minimum Gasteiger partial charge on any atom is -0.481 e. The molecule has 0 bridgehead atoms. The second-order valence-electron chi connectivity index (χ2n) is 6.03. The van der Waals surface area contributed by atoms with Gasteiger partial charge in [-0.2, -0.15) is 13.2 Å². The zero-order valence-electron chi connectivity index (χ0n) is 13.7. The van der Waals surface area contributed by atoms with Gasteiger partial charge in [0.1, 0.15) is 5.82 Å². The first-order valence-corrected chi connectivity index (χ1v) is 7.86. The number of hydrogen-bond donors (Lipinski definition) is 2. The first kappa shape index (κ1) is 18.6. The molecular weight excluding hydrogens is 366 g/mol. The van der Waals surface area contributed by atoms with Crippen LogP contribution in [-0.4, -0.2) is 21.8 Å². The van der Waals surface area contributed by atoms with Crippen molar-refractivity contribution < 1.29 is 32.3 Å². The second kappa shape index (κ2) is 6.86. The number of ketones is 1. The predicted molar refractivity (Wildman–Crippen MR) is 89.0 cm³/mol. The molecule has 1 aromatic heterocycles. The third-order valence-electron chi connectivity index (χ3n) is 4.27. The molecule has 3 aromatic rings. The summed E-state index contributed by atoms with van der Waals surface area (Å²) in [6, 6.07) is 7.39. The molecule has 2 aromatic carbocycles. The zero-order valence-corrected chi connectivity index (χ0v) is 13.7. The van der Waals surface area contributed by atoms with Crippen LogP contribution in [-0.2, 0) is 11.0 Å². The van der Waals surface area contributed by atoms with Gasteiger partial charge in [-0.3, -0.25) is 9.59 Å². The summed E-state index contributed by atoms with van der Waals surface area (Å²) in [6.45, 7) is 0. The molecule has 4 nitrogen and oxygen atoms in total. The van der Waals surface area contributed by atoms with Crippen molar-refractivity contribution in [1.29, 1.82) is 0 Å². The second-order valence-corrected chi connectivity index (χ2v) is 6.03. The van der Waals surface area contributed by atoms with Crippen molar-refractivity contribution in [3.8, 4) is 0 Å². The molecule has 2 N–H and O–H groups in total. The Morgan fingerprint density at radius 2 is 1.74 bits per heavy atom. The minimum atomic E-state index is -4.52. The van der Waals surface area contributed by atoms with Gasteiger partial charge in [0.15, 0.2) is 5.78 Å². The van der Waals surface area contributed by atoms with Gasteiger partial charge in [0, 0.05) is 29.1 Å². The molecule has 8 heteroatoms. The fourth-order valence-electron chi connectivity index (χ4n) is 2.89. The lowest BCUT2D eigenvalue weighted by Crippen LogP contribution is -2.16. The van der Waals surface area contributed by atoms with Crippen molar-refractivity contribution in [2.24, 2.45) is 0 Å². The lowest BCUT2D eigenvalue weighted by molar-refractivity contribution is -0.139. The zero-order chi connectivity index (χ0) is 19.8. The summed E-state index contributed by atoms with van der Waals surface area (Å²) in [7, 11) is 0. The summed E-state index contributed by atoms with van der Waals surface area (Å²) in [5, 5.41) is 9.98. The number of carboxylic acids is 1. The Kier molecular flexibility index (Phi) is 4.73. The van der Waals surface area contributed by atoms with Crippen molar-refractivity contribution in [2.45, 2.75) is 18.5 Å². The van der Waals surface area contributed by atoms with E-state index in [0.29, 0.717) is 16.5 Å². The van der Waals surface area contributed by atoms with E-state index in [0.717, 1.165) is 24.3 Å². The number of benzene rings is 2. The molecule has 0 aliphatic rings. The summed E-state index contributed by atoms with van der Waals surface area (Å²) in [5.74, 6) is -3.59. The number of carbonyl (C=O) groups is 2. The highest BCUT2D eigenvalue weighted by atomic mass is 19.4. The average Bonchev–Trinajstić information content (AvgIpc) is 3.01. The fraction of sp³-hybridized carbons (Fsp3) is 0.158. The van der Waals surface area contributed by atoms with Gasteiger partial charge in [0.2, 0.25) is 0 Å². The molecule has 0 aliphatic heterocycles. The highest BCUT2D eigenvalue weighted by Crippen LogP contribution is 2.31. The van der Waals surface area contributed by atoms with Gasteiger partial charge >= 0.3 is 12.1 Å². The number of aliphatic carboxylic acids is 1. The molecule has 0 saturated carbocycles. The number of alkyl halides is 3. The minimum absolute atomic E-state index is 0.0138. The molecule has 0 fully saturated rings. The van der Waals surface area contributed by atoms with Gasteiger partial charge in [-0.05, 0) is 35.9 Å². The van der Waals surface area contributed by atoms with Crippen LogP contribution in [0.15, 0.2) is 48.7 Å². The van der Waals surface area contributed by atoms with Crippen molar-refractivity contribution in [2.75, 3.05) is 0 Å². The Morgan fingerprint density at radius 1 is 1.07 bits per heavy atom. The van der Waals surface area contributed by atoms with Crippen LogP contribution in [0, 0.1) is 5.82 Å². The molecule has 27 heavy (non-hydrogen) atoms. The standard InChI is InChI=1S/C19H13F4NO3/c20-12-5-6-13-15(9-24-16(13)7-12)14(18(26)27)8-17(25)10-1-3-11(4-2-10)19(21,22)23/h1-7,9,14,24H,8H2,(H,26,27). The Hall–Kier alpha value is -3.16. The maximum Gasteiger partial charge on any atom is 0.416 e. The smallest absolute Gasteiger partial charge is 0.416 e. The fourth-order valence-corrected chi connectivity index (χ4v) is 2.89. The molecule has 3 rings (SSSR count). The molecule has 0 aliphatic carbocycles. The normalized spacial score (nSPS) is 12.9. The van der Waals surface area contributed by atoms with E-state index in [2.05, 4.69) is 4.98 Å². The van der Waals surface area contributed by atoms with Gasteiger partial charge in [-0.25, -0.2) is 4.39 Å². The van der Waals surface area contributed by atoms with Crippen LogP contribution in [0.25, 0.3) is 10.9 Å². The van der Waals surface area contributed by atoms with E-state index in [9.17, 15) is 32.3 Å². The number of aromatic amines is 1. The number of fused-ring (bicyclic) bond motifs is 1. The molecule has 140 valence electrons. The maximum atomic E-state index is 13.3. The van der Waals surface area contributed by atoms with E-state index >= 15 is 0 Å². The lowest BCUT2D eigenvalue weighted by Gasteiger charge is -2.12. The Morgan fingerprint density at radius 3 is 2.33 bits per heavy atom. The van der Waals surface area contributed by atoms with Crippen LogP contribution in [0.3, 0.4) is 0 Å². The Balaban J connectivity index is 1.88. The number of nitrogens with one attached hydrogen (secondary N) is 1. The van der Waals surface area contributed by atoms with Crippen LogP contribution < -0.4 is 0 Å². The number of aromatic nitrogens is 1. The van der Waals surface area contributed by atoms with Gasteiger partial charge in [0.25, 0.3) is 0 Å². The molecule has 1 atom stereocenters. The number of H-pyrrole nitrogens is 1. The molecular formula is C19H13F4NO3. The van der Waals surface area contributed by atoms with Crippen LogP contribution in [0.4, 0.5) is 17.6 Å². The summed E-state index contributed by atoms with van der Waals surface area (Å²) in [6.07, 6.45) is -3.57. The van der Waals surface area contributed by atoms with E-state index < -0.39 is 41.6 Å². The summed E-state index contributed by atoms with van der Waals surface area (Å²) in [4.78, 5) is 26.8. The van der Waals surface area contributed by atoms with Gasteiger partial charge in [-0.15, -0.1) is 0 Å². The highest BCUT2D eigenvalue weighted by Gasteiger charge is 2.31. The third kappa shape index (κ3) is 3.84. The van der Waals surface area contributed by atoms with Crippen molar-refractivity contribution in [1.82, 2.24) is 4.98 Å². The van der Waals surface area contributed by atoms with E-state index in [1.165, 1.54) is 24.4 Å². The highest BCUT2D eigenvalue weighted by molar-refractivity contribution is 6.00. The maximum absolute atomic E-state index is 13.3. The summed E-state index contributed by atoms with van der Waals surface area (Å²) < 4.78 is 51.1.